The van der Waals surface area contributed by atoms with Crippen molar-refractivity contribution in [3.05, 3.63) is 71.2 Å². The summed E-state index contributed by atoms with van der Waals surface area (Å²) in [4.78, 5) is 26.5. The van der Waals surface area contributed by atoms with Crippen LogP contribution in [0, 0.1) is 5.82 Å². The number of halogens is 1. The van der Waals surface area contributed by atoms with Crippen LogP contribution < -0.4 is 4.74 Å². The largest absolute Gasteiger partial charge is 0.482 e. The number of aliphatic imine (C=N–C) groups is 1. The van der Waals surface area contributed by atoms with E-state index in [1.54, 1.807) is 24.3 Å². The molecule has 2 aromatic carbocycles. The van der Waals surface area contributed by atoms with Crippen molar-refractivity contribution in [3.63, 3.8) is 0 Å². The lowest BCUT2D eigenvalue weighted by atomic mass is 10.2. The minimum Gasteiger partial charge on any atom is -0.482 e. The first-order chi connectivity index (χ1) is 12.0. The number of carbonyl (C=O) groups is 2. The predicted molar refractivity (Wildman–Crippen MR) is 86.6 cm³/mol. The number of cyclic esters (lactones) is 1. The van der Waals surface area contributed by atoms with E-state index >= 15 is 0 Å². The summed E-state index contributed by atoms with van der Waals surface area (Å²) in [7, 11) is 0. The van der Waals surface area contributed by atoms with Gasteiger partial charge >= 0.3 is 11.9 Å². The van der Waals surface area contributed by atoms with Gasteiger partial charge in [0, 0.05) is 5.56 Å². The van der Waals surface area contributed by atoms with Gasteiger partial charge in [0.05, 0.1) is 0 Å². The second-order valence-electron chi connectivity index (χ2n) is 5.09. The highest BCUT2D eigenvalue weighted by Crippen LogP contribution is 2.20. The normalized spacial score (nSPS) is 15.0. The monoisotopic (exact) mass is 341 g/mol. The molecule has 0 aliphatic carbocycles. The van der Waals surface area contributed by atoms with Crippen LogP contribution in [-0.4, -0.2) is 29.5 Å². The predicted octanol–water partition coefficient (Wildman–Crippen LogP) is 2.63. The van der Waals surface area contributed by atoms with Crippen molar-refractivity contribution >= 4 is 23.9 Å². The molecule has 126 valence electrons. The zero-order chi connectivity index (χ0) is 17.8. The molecule has 0 unspecified atom stereocenters. The van der Waals surface area contributed by atoms with Crippen molar-refractivity contribution in [1.29, 1.82) is 0 Å². The third kappa shape index (κ3) is 4.08. The van der Waals surface area contributed by atoms with Crippen molar-refractivity contribution in [2.45, 2.75) is 0 Å². The number of esters is 1. The van der Waals surface area contributed by atoms with Gasteiger partial charge in [-0.3, -0.25) is 0 Å². The number of rotatable bonds is 5. The zero-order valence-corrected chi connectivity index (χ0v) is 12.8. The third-order valence-corrected chi connectivity index (χ3v) is 3.26. The van der Waals surface area contributed by atoms with E-state index in [2.05, 4.69) is 4.99 Å². The number of hydrogen-bond donors (Lipinski definition) is 1. The first kappa shape index (κ1) is 16.4. The Balaban J connectivity index is 1.77. The first-order valence-corrected chi connectivity index (χ1v) is 7.24. The maximum atomic E-state index is 12.9. The second-order valence-corrected chi connectivity index (χ2v) is 5.09. The van der Waals surface area contributed by atoms with Gasteiger partial charge in [-0.25, -0.2) is 19.0 Å². The first-order valence-electron chi connectivity index (χ1n) is 7.24. The Morgan fingerprint density at radius 1 is 1.16 bits per heavy atom. The zero-order valence-electron chi connectivity index (χ0n) is 12.8. The smallest absolute Gasteiger partial charge is 0.363 e. The number of aliphatic carboxylic acids is 1. The Hall–Kier alpha value is -3.48. The number of ether oxygens (including phenoxy) is 2. The highest BCUT2D eigenvalue weighted by Gasteiger charge is 2.24. The van der Waals surface area contributed by atoms with Gasteiger partial charge < -0.3 is 14.6 Å². The van der Waals surface area contributed by atoms with Gasteiger partial charge in [0.25, 0.3) is 0 Å². The summed E-state index contributed by atoms with van der Waals surface area (Å²) in [5, 5.41) is 8.56. The van der Waals surface area contributed by atoms with Gasteiger partial charge in [-0.05, 0) is 48.0 Å². The lowest BCUT2D eigenvalue weighted by molar-refractivity contribution is -0.139. The standard InChI is InChI=1S/C18H12FNO5/c19-13-5-3-12(4-6-13)17-20-15(18(23)25-17)9-11-1-7-14(8-2-11)24-10-16(21)22/h1-9H,10H2,(H,21,22)/b15-9-. The lowest BCUT2D eigenvalue weighted by Gasteiger charge is -2.02. The van der Waals surface area contributed by atoms with Crippen molar-refractivity contribution in [1.82, 2.24) is 0 Å². The van der Waals surface area contributed by atoms with E-state index in [1.165, 1.54) is 30.3 Å². The molecule has 0 bridgehead atoms. The molecule has 0 saturated carbocycles. The molecule has 0 aromatic heterocycles. The molecule has 0 amide bonds. The van der Waals surface area contributed by atoms with E-state index in [4.69, 9.17) is 14.6 Å². The highest BCUT2D eigenvalue weighted by atomic mass is 19.1. The summed E-state index contributed by atoms with van der Waals surface area (Å²) in [5.41, 5.74) is 1.27. The Kier molecular flexibility index (Phi) is 4.56. The molecule has 0 fully saturated rings. The van der Waals surface area contributed by atoms with Crippen LogP contribution in [0.1, 0.15) is 11.1 Å². The van der Waals surface area contributed by atoms with Crippen molar-refractivity contribution < 1.29 is 28.6 Å². The molecule has 0 atom stereocenters. The van der Waals surface area contributed by atoms with Gasteiger partial charge in [0.1, 0.15) is 11.6 Å². The fraction of sp³-hybridized carbons (Fsp3) is 0.0556. The van der Waals surface area contributed by atoms with Crippen LogP contribution in [-0.2, 0) is 14.3 Å². The van der Waals surface area contributed by atoms with Crippen LogP contribution in [0.5, 0.6) is 5.75 Å². The quantitative estimate of drug-likeness (QED) is 0.667. The minimum atomic E-state index is -1.07. The van der Waals surface area contributed by atoms with Crippen LogP contribution in [0.4, 0.5) is 4.39 Å². The second kappa shape index (κ2) is 6.96. The van der Waals surface area contributed by atoms with Crippen molar-refractivity contribution in [2.24, 2.45) is 4.99 Å². The number of carbonyl (C=O) groups excluding carboxylic acids is 1. The van der Waals surface area contributed by atoms with E-state index in [-0.39, 0.29) is 11.6 Å². The maximum absolute atomic E-state index is 12.9. The van der Waals surface area contributed by atoms with E-state index < -0.39 is 24.4 Å². The number of benzene rings is 2. The highest BCUT2D eigenvalue weighted by molar-refractivity contribution is 6.12. The topological polar surface area (TPSA) is 85.2 Å². The molecule has 1 heterocycles. The van der Waals surface area contributed by atoms with E-state index in [9.17, 15) is 14.0 Å². The summed E-state index contributed by atoms with van der Waals surface area (Å²) in [6.45, 7) is -0.432. The van der Waals surface area contributed by atoms with Crippen LogP contribution in [0.3, 0.4) is 0 Å². The van der Waals surface area contributed by atoms with E-state index in [1.807, 2.05) is 0 Å². The molecule has 3 rings (SSSR count). The average molecular weight is 341 g/mol. The molecule has 7 heteroatoms. The Bertz CT molecular complexity index is 869. The van der Waals surface area contributed by atoms with Gasteiger partial charge in [-0.2, -0.15) is 0 Å². The van der Waals surface area contributed by atoms with Crippen LogP contribution in [0.15, 0.2) is 59.2 Å². The Morgan fingerprint density at radius 2 is 1.84 bits per heavy atom. The molecule has 1 aliphatic heterocycles. The number of carboxylic acids is 1. The molecule has 0 radical (unpaired) electrons. The summed E-state index contributed by atoms with van der Waals surface area (Å²) >= 11 is 0. The Labute approximate surface area is 141 Å². The molecule has 6 nitrogen and oxygen atoms in total. The van der Waals surface area contributed by atoms with E-state index in [0.29, 0.717) is 16.9 Å². The summed E-state index contributed by atoms with van der Waals surface area (Å²) < 4.78 is 23.1. The molecular formula is C18H12FNO5. The van der Waals surface area contributed by atoms with Crippen LogP contribution in [0.2, 0.25) is 0 Å². The van der Waals surface area contributed by atoms with Gasteiger partial charge in [-0.15, -0.1) is 0 Å². The van der Waals surface area contributed by atoms with Gasteiger partial charge in [0.15, 0.2) is 12.3 Å². The summed E-state index contributed by atoms with van der Waals surface area (Å²) in [6, 6.07) is 11.9. The van der Waals surface area contributed by atoms with Gasteiger partial charge in [-0.1, -0.05) is 12.1 Å². The maximum Gasteiger partial charge on any atom is 0.363 e. The fourth-order valence-electron chi connectivity index (χ4n) is 2.09. The number of carboxylic acid groups (broad SMARTS) is 1. The fourth-order valence-corrected chi connectivity index (χ4v) is 2.09. The summed E-state index contributed by atoms with van der Waals surface area (Å²) in [5.74, 6) is -1.56. The minimum absolute atomic E-state index is 0.109. The summed E-state index contributed by atoms with van der Waals surface area (Å²) in [6.07, 6.45) is 1.53. The molecule has 0 spiro atoms. The number of hydrogen-bond acceptors (Lipinski definition) is 5. The SMILES string of the molecule is O=C(O)COc1ccc(/C=C2\N=C(c3ccc(F)cc3)OC2=O)cc1. The molecule has 1 aliphatic rings. The van der Waals surface area contributed by atoms with Crippen molar-refractivity contribution in [3.8, 4) is 5.75 Å². The molecule has 25 heavy (non-hydrogen) atoms. The molecule has 1 N–H and O–H groups in total. The molecule has 2 aromatic rings. The molecular weight excluding hydrogens is 329 g/mol. The Morgan fingerprint density at radius 3 is 2.48 bits per heavy atom. The van der Waals surface area contributed by atoms with Gasteiger partial charge in [0.2, 0.25) is 5.90 Å². The van der Waals surface area contributed by atoms with Crippen LogP contribution in [0.25, 0.3) is 6.08 Å². The molecule has 0 saturated heterocycles. The van der Waals surface area contributed by atoms with E-state index in [0.717, 1.165) is 0 Å². The average Bonchev–Trinajstić information content (AvgIpc) is 2.95. The lowest BCUT2D eigenvalue weighted by Crippen LogP contribution is -2.09. The van der Waals surface area contributed by atoms with Crippen LogP contribution >= 0.6 is 0 Å². The number of nitrogens with zero attached hydrogens (tertiary/aromatic N) is 1. The third-order valence-electron chi connectivity index (χ3n) is 3.26. The van der Waals surface area contributed by atoms with Crippen molar-refractivity contribution in [2.75, 3.05) is 6.61 Å².